The second-order valence-electron chi connectivity index (χ2n) is 15.9. The Bertz CT molecular complexity index is 1330. The van der Waals surface area contributed by atoms with Crippen LogP contribution in [-0.2, 0) is 19.6 Å². The van der Waals surface area contributed by atoms with Crippen LogP contribution < -0.4 is 10.7 Å². The van der Waals surface area contributed by atoms with Crippen LogP contribution in [-0.4, -0.2) is 79.8 Å². The van der Waals surface area contributed by atoms with Crippen molar-refractivity contribution in [3.05, 3.63) is 24.3 Å². The summed E-state index contributed by atoms with van der Waals surface area (Å²) in [5.74, 6) is 2.70. The lowest BCUT2D eigenvalue weighted by Gasteiger charge is -2.50. The van der Waals surface area contributed by atoms with E-state index in [4.69, 9.17) is 0 Å². The number of carbonyl (C=O) groups is 2. The number of hydrogen-bond donors (Lipinski definition) is 2. The summed E-state index contributed by atoms with van der Waals surface area (Å²) in [4.78, 5) is 29.0. The molecule has 47 heavy (non-hydrogen) atoms. The van der Waals surface area contributed by atoms with E-state index in [-0.39, 0.29) is 22.3 Å². The van der Waals surface area contributed by atoms with Crippen LogP contribution in [0.2, 0.25) is 0 Å². The molecule has 1 saturated carbocycles. The third-order valence-corrected chi connectivity index (χ3v) is 14.3. The van der Waals surface area contributed by atoms with Crippen molar-refractivity contribution in [3.8, 4) is 0 Å². The molecule has 4 saturated heterocycles. The number of rotatable bonds is 6. The summed E-state index contributed by atoms with van der Waals surface area (Å²) >= 11 is 0. The molecule has 4 heterocycles. The van der Waals surface area contributed by atoms with E-state index in [9.17, 15) is 13.2 Å². The minimum atomic E-state index is -3.60. The fourth-order valence-corrected chi connectivity index (χ4v) is 11.6. The molecule has 2 N–H and O–H groups in total. The second-order valence-corrected chi connectivity index (χ2v) is 17.8. The lowest BCUT2D eigenvalue weighted by molar-refractivity contribution is -0.152. The molecule has 5 fully saturated rings. The van der Waals surface area contributed by atoms with E-state index in [1.807, 2.05) is 0 Å². The van der Waals surface area contributed by atoms with Crippen molar-refractivity contribution in [1.82, 2.24) is 19.6 Å². The Balaban J connectivity index is 1.18. The minimum absolute atomic E-state index is 0.181. The largest absolute Gasteiger partial charge is 0.342 e. The first-order valence-electron chi connectivity index (χ1n) is 18.7. The van der Waals surface area contributed by atoms with E-state index in [1.54, 1.807) is 28.6 Å². The van der Waals surface area contributed by atoms with Gasteiger partial charge in [0.2, 0.25) is 21.8 Å². The van der Waals surface area contributed by atoms with Gasteiger partial charge in [0.05, 0.1) is 10.3 Å². The van der Waals surface area contributed by atoms with Gasteiger partial charge >= 0.3 is 0 Å². The Kier molecular flexibility index (Phi) is 11.0. The van der Waals surface area contributed by atoms with Crippen molar-refractivity contribution < 1.29 is 18.0 Å². The average molecular weight is 670 g/mol. The molecule has 0 aromatic heterocycles. The number of carbonyl (C=O) groups excluding carboxylic acids is 2. The summed E-state index contributed by atoms with van der Waals surface area (Å²) in [6.07, 6.45) is 15.0. The first-order valence-corrected chi connectivity index (χ1v) is 20.2. The highest BCUT2D eigenvalue weighted by Crippen LogP contribution is 2.51. The first kappa shape index (κ1) is 34.8. The molecule has 4 aliphatic heterocycles. The van der Waals surface area contributed by atoms with Crippen LogP contribution in [0.15, 0.2) is 29.2 Å². The van der Waals surface area contributed by atoms with Gasteiger partial charge in [-0.15, -0.1) is 0 Å². The molecule has 10 heteroatoms. The zero-order valence-electron chi connectivity index (χ0n) is 29.1. The Hall–Kier alpha value is -2.01. The van der Waals surface area contributed by atoms with Crippen LogP contribution in [0.5, 0.6) is 0 Å². The fraction of sp³-hybridized carbons (Fsp3) is 0.784. The third kappa shape index (κ3) is 7.46. The van der Waals surface area contributed by atoms with E-state index in [1.165, 1.54) is 51.9 Å². The van der Waals surface area contributed by atoms with Crippen molar-refractivity contribution in [3.63, 3.8) is 0 Å². The van der Waals surface area contributed by atoms with Crippen LogP contribution in [0.4, 0.5) is 5.69 Å². The first-order chi connectivity index (χ1) is 22.6. The topological polar surface area (TPSA) is 102 Å². The predicted molar refractivity (Wildman–Crippen MR) is 186 cm³/mol. The van der Waals surface area contributed by atoms with Gasteiger partial charge in [-0.1, -0.05) is 52.4 Å². The van der Waals surface area contributed by atoms with Gasteiger partial charge in [0, 0.05) is 57.9 Å². The number of hydrazine groups is 1. The van der Waals surface area contributed by atoms with Gasteiger partial charge in [-0.2, -0.15) is 4.31 Å². The number of anilines is 1. The molecule has 0 radical (unpaired) electrons. The Morgan fingerprint density at radius 3 is 2.02 bits per heavy atom. The Labute approximate surface area is 283 Å². The molecule has 1 aromatic carbocycles. The summed E-state index contributed by atoms with van der Waals surface area (Å²) in [5.41, 5.74) is 4.01. The van der Waals surface area contributed by atoms with Gasteiger partial charge in [0.1, 0.15) is 0 Å². The summed E-state index contributed by atoms with van der Waals surface area (Å²) in [6.45, 7) is 10.6. The fourth-order valence-electron chi connectivity index (χ4n) is 10.2. The number of sulfonamides is 1. The van der Waals surface area contributed by atoms with E-state index in [2.05, 4.69) is 34.5 Å². The third-order valence-electron chi connectivity index (χ3n) is 12.4. The number of nitrogens with one attached hydrogen (secondary N) is 2. The van der Waals surface area contributed by atoms with Crippen molar-refractivity contribution >= 4 is 27.5 Å². The highest BCUT2D eigenvalue weighted by atomic mass is 32.2. The van der Waals surface area contributed by atoms with Crippen molar-refractivity contribution in [1.29, 1.82) is 0 Å². The summed E-state index contributed by atoms with van der Waals surface area (Å²) in [7, 11) is -3.60. The van der Waals surface area contributed by atoms with Crippen LogP contribution in [0.25, 0.3) is 0 Å². The van der Waals surface area contributed by atoms with E-state index in [0.29, 0.717) is 54.3 Å². The molecule has 1 aliphatic carbocycles. The number of fused-ring (bicyclic) bond motifs is 1. The van der Waals surface area contributed by atoms with Gasteiger partial charge in [0.15, 0.2) is 0 Å². The maximum atomic E-state index is 15.1. The predicted octanol–water partition coefficient (Wildman–Crippen LogP) is 5.89. The summed E-state index contributed by atoms with van der Waals surface area (Å²) < 4.78 is 28.7. The zero-order valence-corrected chi connectivity index (χ0v) is 29.9. The Morgan fingerprint density at radius 1 is 0.809 bits per heavy atom. The van der Waals surface area contributed by atoms with Crippen molar-refractivity contribution in [2.45, 2.75) is 115 Å². The summed E-state index contributed by atoms with van der Waals surface area (Å²) in [5, 5.41) is 5.17. The smallest absolute Gasteiger partial charge is 0.243 e. The molecule has 2 amide bonds. The van der Waals surface area contributed by atoms with E-state index < -0.39 is 10.0 Å². The number of nitrogens with zero attached hydrogens (tertiary/aromatic N) is 3. The zero-order chi connectivity index (χ0) is 33.2. The second kappa shape index (κ2) is 14.9. The normalized spacial score (nSPS) is 32.6. The van der Waals surface area contributed by atoms with E-state index >= 15 is 4.79 Å². The van der Waals surface area contributed by atoms with Crippen LogP contribution in [0.3, 0.4) is 0 Å². The van der Waals surface area contributed by atoms with Crippen LogP contribution in [0.1, 0.15) is 104 Å². The lowest BCUT2D eigenvalue weighted by atomic mass is 9.62. The molecule has 5 atom stereocenters. The van der Waals surface area contributed by atoms with Crippen LogP contribution >= 0.6 is 0 Å². The molecule has 262 valence electrons. The van der Waals surface area contributed by atoms with Gasteiger partial charge in [-0.05, 0) is 98.8 Å². The molecule has 0 bridgehead atoms. The number of piperidine rings is 3. The van der Waals surface area contributed by atoms with Crippen LogP contribution in [0, 0.1) is 35.0 Å². The van der Waals surface area contributed by atoms with E-state index in [0.717, 1.165) is 64.7 Å². The molecule has 0 spiro atoms. The highest BCUT2D eigenvalue weighted by molar-refractivity contribution is 7.89. The minimum Gasteiger partial charge on any atom is -0.342 e. The monoisotopic (exact) mass is 669 g/mol. The SMILES string of the molecule is CC(=O)Nc1ccc(S(=O)(=O)N2CCC(C3CCN4NCC(C(=O)N5CC(C)CC(C)C5)(C5CCCCCCCC5)C4C3)CC2)cc1. The standard InChI is InChI=1S/C37H59N5O4S/c1-27-22-28(2)25-40(24-27)36(44)37(32-10-8-6-4-5-7-9-11-32)26-38-42-21-18-31(23-35(37)42)30-16-19-41(20-17-30)47(45,46)34-14-12-33(13-15-34)39-29(3)43/h12-15,27-28,30-32,35,38H,4-11,16-26H2,1-3H3,(H,39,43). The van der Waals surface area contributed by atoms with Gasteiger partial charge < -0.3 is 10.2 Å². The molecule has 6 rings (SSSR count). The highest BCUT2D eigenvalue weighted by Gasteiger charge is 2.60. The Morgan fingerprint density at radius 2 is 1.40 bits per heavy atom. The lowest BCUT2D eigenvalue weighted by Crippen LogP contribution is -2.60. The number of likely N-dealkylation sites (tertiary alicyclic amines) is 1. The van der Waals surface area contributed by atoms with Crippen molar-refractivity contribution in [2.75, 3.05) is 44.6 Å². The number of hydrogen-bond acceptors (Lipinski definition) is 6. The molecule has 5 aliphatic rings. The van der Waals surface area contributed by atoms with Gasteiger partial charge in [-0.25, -0.2) is 13.4 Å². The molecular formula is C37H59N5O4S. The maximum absolute atomic E-state index is 15.1. The molecule has 5 unspecified atom stereocenters. The average Bonchev–Trinajstić information content (AvgIpc) is 3.49. The quantitative estimate of drug-likeness (QED) is 0.392. The number of benzene rings is 1. The van der Waals surface area contributed by atoms with Crippen molar-refractivity contribution in [2.24, 2.45) is 35.0 Å². The number of amides is 2. The van der Waals surface area contributed by atoms with Gasteiger partial charge in [-0.3, -0.25) is 15.0 Å². The summed E-state index contributed by atoms with van der Waals surface area (Å²) in [6, 6.07) is 6.69. The molecule has 1 aromatic rings. The van der Waals surface area contributed by atoms with Gasteiger partial charge in [0.25, 0.3) is 0 Å². The molecular weight excluding hydrogens is 611 g/mol. The molecule has 9 nitrogen and oxygen atoms in total. The maximum Gasteiger partial charge on any atom is 0.243 e.